The van der Waals surface area contributed by atoms with Crippen LogP contribution in [0.2, 0.25) is 0 Å². The first-order valence-corrected chi connectivity index (χ1v) is 7.70. The molecule has 1 amide bonds. The molecular formula is C15H16N4OS. The number of imidazole rings is 1. The second-order valence-corrected chi connectivity index (χ2v) is 5.54. The van der Waals surface area contributed by atoms with E-state index in [-0.39, 0.29) is 5.91 Å². The highest BCUT2D eigenvalue weighted by molar-refractivity contribution is 7.12. The third kappa shape index (κ3) is 3.22. The number of H-pyrrole nitrogens is 1. The summed E-state index contributed by atoms with van der Waals surface area (Å²) < 4.78 is 1.95. The van der Waals surface area contributed by atoms with E-state index in [1.807, 2.05) is 46.7 Å². The number of nitrogens with zero attached hydrogens (tertiary/aromatic N) is 2. The molecule has 3 rings (SSSR count). The van der Waals surface area contributed by atoms with Gasteiger partial charge < -0.3 is 14.9 Å². The minimum atomic E-state index is -0.0202. The Kier molecular flexibility index (Phi) is 4.16. The largest absolute Gasteiger partial charge is 0.351 e. The van der Waals surface area contributed by atoms with Crippen molar-refractivity contribution in [1.29, 1.82) is 0 Å². The fourth-order valence-electron chi connectivity index (χ4n) is 2.14. The molecule has 3 heterocycles. The lowest BCUT2D eigenvalue weighted by atomic mass is 10.3. The van der Waals surface area contributed by atoms with Crippen LogP contribution in [0.3, 0.4) is 0 Å². The van der Waals surface area contributed by atoms with Crippen LogP contribution in [0, 0.1) is 0 Å². The molecule has 0 fully saturated rings. The summed E-state index contributed by atoms with van der Waals surface area (Å²) in [4.78, 5) is 20.2. The van der Waals surface area contributed by atoms with Gasteiger partial charge in [-0.1, -0.05) is 0 Å². The van der Waals surface area contributed by atoms with Crippen molar-refractivity contribution in [2.75, 3.05) is 6.54 Å². The number of carbonyl (C=O) groups is 1. The molecule has 6 heteroatoms. The number of amides is 1. The maximum atomic E-state index is 12.2. The molecule has 0 saturated heterocycles. The van der Waals surface area contributed by atoms with Crippen molar-refractivity contribution >= 4 is 17.2 Å². The van der Waals surface area contributed by atoms with E-state index in [1.165, 1.54) is 11.3 Å². The number of hydrogen-bond donors (Lipinski definition) is 2. The standard InChI is InChI=1S/C15H16N4OS/c20-15(18-6-3-4-13-16-7-8-17-13)14-12(5-11-21-14)19-9-1-2-10-19/h1-2,5,7-11H,3-4,6H2,(H,16,17)(H,18,20). The molecule has 0 unspecified atom stereocenters. The highest BCUT2D eigenvalue weighted by atomic mass is 32.1. The van der Waals surface area contributed by atoms with Gasteiger partial charge in [-0.3, -0.25) is 4.79 Å². The molecule has 108 valence electrons. The first-order valence-electron chi connectivity index (χ1n) is 6.82. The molecule has 0 aromatic carbocycles. The van der Waals surface area contributed by atoms with Crippen LogP contribution in [0.5, 0.6) is 0 Å². The van der Waals surface area contributed by atoms with Gasteiger partial charge in [0.15, 0.2) is 0 Å². The first kappa shape index (κ1) is 13.6. The van der Waals surface area contributed by atoms with Crippen molar-refractivity contribution in [3.05, 3.63) is 59.1 Å². The highest BCUT2D eigenvalue weighted by Crippen LogP contribution is 2.21. The van der Waals surface area contributed by atoms with Crippen molar-refractivity contribution in [2.24, 2.45) is 0 Å². The summed E-state index contributed by atoms with van der Waals surface area (Å²) in [5, 5.41) is 4.90. The molecule has 3 aromatic rings. The summed E-state index contributed by atoms with van der Waals surface area (Å²) >= 11 is 1.46. The number of hydrogen-bond acceptors (Lipinski definition) is 3. The Bertz CT molecular complexity index is 685. The number of carbonyl (C=O) groups excluding carboxylic acids is 1. The predicted molar refractivity (Wildman–Crippen MR) is 82.9 cm³/mol. The highest BCUT2D eigenvalue weighted by Gasteiger charge is 2.13. The zero-order valence-electron chi connectivity index (χ0n) is 11.5. The lowest BCUT2D eigenvalue weighted by molar-refractivity contribution is 0.0957. The second-order valence-electron chi connectivity index (χ2n) is 4.62. The number of aromatic nitrogens is 3. The Labute approximate surface area is 126 Å². The van der Waals surface area contributed by atoms with E-state index < -0.39 is 0 Å². The molecule has 0 aliphatic carbocycles. The van der Waals surface area contributed by atoms with Crippen molar-refractivity contribution in [3.63, 3.8) is 0 Å². The molecule has 0 atom stereocenters. The Hall–Kier alpha value is -2.34. The molecular weight excluding hydrogens is 284 g/mol. The molecule has 0 saturated carbocycles. The van der Waals surface area contributed by atoms with Crippen LogP contribution < -0.4 is 5.32 Å². The van der Waals surface area contributed by atoms with Crippen molar-refractivity contribution in [3.8, 4) is 5.69 Å². The van der Waals surface area contributed by atoms with Crippen LogP contribution in [-0.2, 0) is 6.42 Å². The van der Waals surface area contributed by atoms with Crippen molar-refractivity contribution in [2.45, 2.75) is 12.8 Å². The number of aromatic amines is 1. The zero-order valence-corrected chi connectivity index (χ0v) is 12.3. The van der Waals surface area contributed by atoms with Gasteiger partial charge in [0, 0.05) is 37.8 Å². The molecule has 0 aliphatic rings. The van der Waals surface area contributed by atoms with Crippen LogP contribution in [0.1, 0.15) is 21.9 Å². The molecule has 0 spiro atoms. The molecule has 3 aromatic heterocycles. The maximum Gasteiger partial charge on any atom is 0.263 e. The van der Waals surface area contributed by atoms with Gasteiger partial charge in [0.2, 0.25) is 0 Å². The first-order chi connectivity index (χ1) is 10.3. The van der Waals surface area contributed by atoms with E-state index in [2.05, 4.69) is 15.3 Å². The lowest BCUT2D eigenvalue weighted by Gasteiger charge is -2.06. The maximum absolute atomic E-state index is 12.2. The van der Waals surface area contributed by atoms with Crippen LogP contribution in [0.15, 0.2) is 48.4 Å². The molecule has 0 aliphatic heterocycles. The van der Waals surface area contributed by atoms with Crippen LogP contribution in [0.25, 0.3) is 5.69 Å². The van der Waals surface area contributed by atoms with E-state index in [1.54, 1.807) is 6.20 Å². The number of rotatable bonds is 6. The zero-order chi connectivity index (χ0) is 14.5. The fraction of sp³-hybridized carbons (Fsp3) is 0.200. The number of aryl methyl sites for hydroxylation is 1. The summed E-state index contributed by atoms with van der Waals surface area (Å²) in [6, 6.07) is 5.86. The van der Waals surface area contributed by atoms with Crippen LogP contribution >= 0.6 is 11.3 Å². The normalized spacial score (nSPS) is 10.7. The summed E-state index contributed by atoms with van der Waals surface area (Å²) in [6.07, 6.45) is 9.13. The molecule has 5 nitrogen and oxygen atoms in total. The monoisotopic (exact) mass is 300 g/mol. The van der Waals surface area contributed by atoms with E-state index in [0.717, 1.165) is 29.2 Å². The van der Waals surface area contributed by atoms with Gasteiger partial charge >= 0.3 is 0 Å². The summed E-state index contributed by atoms with van der Waals surface area (Å²) in [6.45, 7) is 0.641. The van der Waals surface area contributed by atoms with Gasteiger partial charge in [0.25, 0.3) is 5.91 Å². The average Bonchev–Trinajstić information content (AvgIpc) is 3.24. The minimum Gasteiger partial charge on any atom is -0.351 e. The Morgan fingerprint density at radius 1 is 1.38 bits per heavy atom. The quantitative estimate of drug-likeness (QED) is 0.687. The minimum absolute atomic E-state index is 0.0202. The lowest BCUT2D eigenvalue weighted by Crippen LogP contribution is -2.25. The van der Waals surface area contributed by atoms with Gasteiger partial charge in [-0.15, -0.1) is 11.3 Å². The molecule has 21 heavy (non-hydrogen) atoms. The topological polar surface area (TPSA) is 62.7 Å². The molecule has 0 radical (unpaired) electrons. The van der Waals surface area contributed by atoms with Crippen LogP contribution in [-0.4, -0.2) is 27.0 Å². The predicted octanol–water partition coefficient (Wildman–Crippen LogP) is 2.62. The van der Waals surface area contributed by atoms with E-state index >= 15 is 0 Å². The summed E-state index contributed by atoms with van der Waals surface area (Å²) in [5.41, 5.74) is 0.925. The van der Waals surface area contributed by atoms with E-state index in [0.29, 0.717) is 6.54 Å². The molecule has 2 N–H and O–H groups in total. The average molecular weight is 300 g/mol. The van der Waals surface area contributed by atoms with Gasteiger partial charge in [0.05, 0.1) is 5.69 Å². The van der Waals surface area contributed by atoms with Crippen LogP contribution in [0.4, 0.5) is 0 Å². The Morgan fingerprint density at radius 2 is 2.24 bits per heavy atom. The third-order valence-electron chi connectivity index (χ3n) is 3.16. The third-order valence-corrected chi connectivity index (χ3v) is 4.07. The van der Waals surface area contributed by atoms with Gasteiger partial charge in [-0.25, -0.2) is 4.98 Å². The van der Waals surface area contributed by atoms with Gasteiger partial charge in [-0.2, -0.15) is 0 Å². The molecule has 0 bridgehead atoms. The van der Waals surface area contributed by atoms with Gasteiger partial charge in [-0.05, 0) is 30.0 Å². The summed E-state index contributed by atoms with van der Waals surface area (Å²) in [7, 11) is 0. The summed E-state index contributed by atoms with van der Waals surface area (Å²) in [5.74, 6) is 0.932. The SMILES string of the molecule is O=C(NCCCc1ncc[nH]1)c1sccc1-n1cccc1. The number of thiophene rings is 1. The van der Waals surface area contributed by atoms with Gasteiger partial charge in [0.1, 0.15) is 10.7 Å². The van der Waals surface area contributed by atoms with Crippen molar-refractivity contribution < 1.29 is 4.79 Å². The fourth-order valence-corrected chi connectivity index (χ4v) is 2.95. The smallest absolute Gasteiger partial charge is 0.263 e. The van der Waals surface area contributed by atoms with Crippen molar-refractivity contribution in [1.82, 2.24) is 19.9 Å². The van der Waals surface area contributed by atoms with E-state index in [9.17, 15) is 4.79 Å². The van der Waals surface area contributed by atoms with E-state index in [4.69, 9.17) is 0 Å². The second kappa shape index (κ2) is 6.41. The number of nitrogens with one attached hydrogen (secondary N) is 2. The Balaban J connectivity index is 1.55. The Morgan fingerprint density at radius 3 is 3.00 bits per heavy atom.